The lowest BCUT2D eigenvalue weighted by atomic mass is 9.98. The summed E-state index contributed by atoms with van der Waals surface area (Å²) in [5.74, 6) is -0.328. The molecule has 2 heteroatoms. The third-order valence-electron chi connectivity index (χ3n) is 2.60. The van der Waals surface area contributed by atoms with E-state index in [1.165, 1.54) is 6.92 Å². The second-order valence-electron chi connectivity index (χ2n) is 4.65. The maximum absolute atomic E-state index is 10.9. The Labute approximate surface area is 122 Å². The van der Waals surface area contributed by atoms with Gasteiger partial charge in [0.15, 0.2) is 0 Å². The van der Waals surface area contributed by atoms with E-state index in [4.69, 9.17) is 4.74 Å². The van der Waals surface area contributed by atoms with Crippen LogP contribution in [-0.4, -0.2) is 12.6 Å². The van der Waals surface area contributed by atoms with Crippen LogP contribution in [0.15, 0.2) is 72.4 Å². The zero-order valence-corrected chi connectivity index (χ0v) is 12.8. The summed E-state index contributed by atoms with van der Waals surface area (Å²) in [7, 11) is 0. The van der Waals surface area contributed by atoms with Crippen molar-refractivity contribution < 1.29 is 9.53 Å². The molecule has 0 rings (SSSR count). The van der Waals surface area contributed by atoms with Crippen LogP contribution < -0.4 is 0 Å². The van der Waals surface area contributed by atoms with E-state index >= 15 is 0 Å². The summed E-state index contributed by atoms with van der Waals surface area (Å²) in [4.78, 5) is 10.9. The van der Waals surface area contributed by atoms with Crippen molar-refractivity contribution in [2.24, 2.45) is 0 Å². The van der Waals surface area contributed by atoms with Gasteiger partial charge in [0.2, 0.25) is 0 Å². The zero-order chi connectivity index (χ0) is 15.7. The maximum Gasteiger partial charge on any atom is 0.302 e. The molecule has 0 aromatic carbocycles. The van der Waals surface area contributed by atoms with E-state index in [0.717, 1.165) is 34.3 Å². The molecule has 108 valence electrons. The molecule has 0 saturated heterocycles. The van der Waals surface area contributed by atoms with Crippen LogP contribution in [-0.2, 0) is 9.53 Å². The quantitative estimate of drug-likeness (QED) is 0.473. The van der Waals surface area contributed by atoms with Gasteiger partial charge in [0, 0.05) is 6.92 Å². The summed E-state index contributed by atoms with van der Waals surface area (Å²) in [5.41, 5.74) is 4.17. The number of rotatable bonds is 8. The van der Waals surface area contributed by atoms with Crippen molar-refractivity contribution in [1.82, 2.24) is 0 Å². The Morgan fingerprint density at radius 2 is 1.70 bits per heavy atom. The average molecular weight is 272 g/mol. The first-order valence-electron chi connectivity index (χ1n) is 6.51. The largest absolute Gasteiger partial charge is 0.461 e. The molecular weight excluding hydrogens is 248 g/mol. The minimum Gasteiger partial charge on any atom is -0.461 e. The molecule has 0 heterocycles. The van der Waals surface area contributed by atoms with E-state index < -0.39 is 0 Å². The Hall–Kier alpha value is -2.09. The second-order valence-corrected chi connectivity index (χ2v) is 4.65. The maximum atomic E-state index is 10.9. The molecule has 0 saturated carbocycles. The zero-order valence-electron chi connectivity index (χ0n) is 12.8. The standard InChI is InChI=1S/C18H24O2/c1-8-14(4)9-10-15(5)16(6)18(11-13(2)3)12-20-17(7)19/h9-11H,2,4-6,8,12H2,1,3,7H3/b10-9-,18-11-. The van der Waals surface area contributed by atoms with Crippen LogP contribution in [0.1, 0.15) is 27.2 Å². The molecule has 0 amide bonds. The fourth-order valence-electron chi connectivity index (χ4n) is 1.34. The van der Waals surface area contributed by atoms with E-state index in [2.05, 4.69) is 26.3 Å². The van der Waals surface area contributed by atoms with Crippen molar-refractivity contribution in [3.05, 3.63) is 72.4 Å². The van der Waals surface area contributed by atoms with E-state index in [9.17, 15) is 4.79 Å². The fraction of sp³-hybridized carbons (Fsp3) is 0.278. The molecule has 0 aromatic heterocycles. The van der Waals surface area contributed by atoms with Gasteiger partial charge in [-0.25, -0.2) is 0 Å². The Balaban J connectivity index is 5.00. The van der Waals surface area contributed by atoms with Crippen molar-refractivity contribution in [2.75, 3.05) is 6.61 Å². The van der Waals surface area contributed by atoms with Crippen LogP contribution >= 0.6 is 0 Å². The Morgan fingerprint density at radius 3 is 2.15 bits per heavy atom. The second kappa shape index (κ2) is 8.92. The number of ether oxygens (including phenoxy) is 1. The fourth-order valence-corrected chi connectivity index (χ4v) is 1.34. The molecule has 0 spiro atoms. The van der Waals surface area contributed by atoms with Gasteiger partial charge in [-0.1, -0.05) is 62.6 Å². The van der Waals surface area contributed by atoms with Crippen LogP contribution in [0.3, 0.4) is 0 Å². The summed E-state index contributed by atoms with van der Waals surface area (Å²) in [5, 5.41) is 0. The summed E-state index contributed by atoms with van der Waals surface area (Å²) in [6, 6.07) is 0. The van der Waals surface area contributed by atoms with Gasteiger partial charge in [0.25, 0.3) is 0 Å². The molecule has 0 bridgehead atoms. The summed E-state index contributed by atoms with van der Waals surface area (Å²) in [6.07, 6.45) is 6.52. The summed E-state index contributed by atoms with van der Waals surface area (Å²) in [6.45, 7) is 21.2. The van der Waals surface area contributed by atoms with Gasteiger partial charge in [0.05, 0.1) is 0 Å². The smallest absolute Gasteiger partial charge is 0.302 e. The topological polar surface area (TPSA) is 26.3 Å². The predicted molar refractivity (Wildman–Crippen MR) is 86.4 cm³/mol. The van der Waals surface area contributed by atoms with Crippen LogP contribution in [0.5, 0.6) is 0 Å². The molecule has 0 N–H and O–H groups in total. The monoisotopic (exact) mass is 272 g/mol. The molecule has 0 radical (unpaired) electrons. The van der Waals surface area contributed by atoms with Crippen molar-refractivity contribution >= 4 is 5.97 Å². The summed E-state index contributed by atoms with van der Waals surface area (Å²) >= 11 is 0. The van der Waals surface area contributed by atoms with Crippen LogP contribution in [0.2, 0.25) is 0 Å². The minimum absolute atomic E-state index is 0.169. The first-order valence-corrected chi connectivity index (χ1v) is 6.51. The predicted octanol–water partition coefficient (Wildman–Crippen LogP) is 4.69. The van der Waals surface area contributed by atoms with Gasteiger partial charge in [-0.2, -0.15) is 0 Å². The first-order chi connectivity index (χ1) is 9.27. The van der Waals surface area contributed by atoms with Crippen LogP contribution in [0.4, 0.5) is 0 Å². The minimum atomic E-state index is -0.328. The molecule has 0 aliphatic rings. The third kappa shape index (κ3) is 7.37. The van der Waals surface area contributed by atoms with Gasteiger partial charge in [-0.3, -0.25) is 4.79 Å². The molecular formula is C18H24O2. The molecule has 0 aliphatic heterocycles. The first kappa shape index (κ1) is 17.9. The average Bonchev–Trinajstić information content (AvgIpc) is 2.38. The van der Waals surface area contributed by atoms with Gasteiger partial charge >= 0.3 is 5.97 Å². The number of hydrogen-bond acceptors (Lipinski definition) is 2. The van der Waals surface area contributed by atoms with Crippen molar-refractivity contribution in [1.29, 1.82) is 0 Å². The molecule has 0 aliphatic carbocycles. The highest BCUT2D eigenvalue weighted by Crippen LogP contribution is 2.20. The summed E-state index contributed by atoms with van der Waals surface area (Å²) < 4.78 is 5.03. The molecule has 0 atom stereocenters. The lowest BCUT2D eigenvalue weighted by Crippen LogP contribution is -2.05. The van der Waals surface area contributed by atoms with Gasteiger partial charge in [-0.05, 0) is 30.1 Å². The normalized spacial score (nSPS) is 11.2. The molecule has 0 fully saturated rings. The lowest BCUT2D eigenvalue weighted by Gasteiger charge is -2.12. The Bertz CT molecular complexity index is 488. The highest BCUT2D eigenvalue weighted by Gasteiger charge is 2.07. The molecule has 2 nitrogen and oxygen atoms in total. The van der Waals surface area contributed by atoms with Crippen molar-refractivity contribution in [3.63, 3.8) is 0 Å². The van der Waals surface area contributed by atoms with Crippen molar-refractivity contribution in [2.45, 2.75) is 27.2 Å². The number of carbonyl (C=O) groups excluding carboxylic acids is 1. The van der Waals surface area contributed by atoms with E-state index in [-0.39, 0.29) is 12.6 Å². The number of esters is 1. The Morgan fingerprint density at radius 1 is 1.10 bits per heavy atom. The number of carbonyl (C=O) groups is 1. The third-order valence-corrected chi connectivity index (χ3v) is 2.60. The van der Waals surface area contributed by atoms with E-state index in [0.29, 0.717) is 0 Å². The van der Waals surface area contributed by atoms with Gasteiger partial charge in [-0.15, -0.1) is 0 Å². The van der Waals surface area contributed by atoms with Crippen LogP contribution in [0.25, 0.3) is 0 Å². The molecule has 20 heavy (non-hydrogen) atoms. The SMILES string of the molecule is C=C(C)/C=C(/COC(C)=O)C(=C)C(=C)/C=C\C(=C)CC. The highest BCUT2D eigenvalue weighted by atomic mass is 16.5. The number of allylic oxidation sites excluding steroid dienone is 6. The number of hydrogen-bond donors (Lipinski definition) is 0. The highest BCUT2D eigenvalue weighted by molar-refractivity contribution is 5.66. The van der Waals surface area contributed by atoms with Gasteiger partial charge in [0.1, 0.15) is 6.61 Å². The van der Waals surface area contributed by atoms with Crippen molar-refractivity contribution in [3.8, 4) is 0 Å². The van der Waals surface area contributed by atoms with Gasteiger partial charge < -0.3 is 4.74 Å². The van der Waals surface area contributed by atoms with Crippen LogP contribution in [0, 0.1) is 0 Å². The Kier molecular flexibility index (Phi) is 7.98. The molecule has 0 unspecified atom stereocenters. The van der Waals surface area contributed by atoms with E-state index in [1.807, 2.05) is 32.1 Å². The van der Waals surface area contributed by atoms with E-state index in [1.54, 1.807) is 0 Å². The lowest BCUT2D eigenvalue weighted by molar-refractivity contribution is -0.139. The molecule has 0 aromatic rings.